The maximum Gasteiger partial charge on any atom is 0.139 e. The topological polar surface area (TPSA) is 39.2 Å². The van der Waals surface area contributed by atoms with Crippen molar-refractivity contribution in [2.24, 2.45) is 28.6 Å². The smallest absolute Gasteiger partial charge is 0.139 e. The van der Waals surface area contributed by atoms with Gasteiger partial charge in [0.2, 0.25) is 0 Å². The van der Waals surface area contributed by atoms with Gasteiger partial charge in [-0.1, -0.05) is 32.1 Å². The lowest BCUT2D eigenvalue weighted by atomic mass is 9.48. The van der Waals surface area contributed by atoms with Crippen LogP contribution in [0.5, 0.6) is 5.75 Å². The number of carbonyl (C=O) groups is 1. The van der Waals surface area contributed by atoms with E-state index in [1.165, 1.54) is 23.4 Å². The second-order valence-corrected chi connectivity index (χ2v) is 11.6. The summed E-state index contributed by atoms with van der Waals surface area (Å²) < 4.78 is 5.43. The molecule has 3 nitrogen and oxygen atoms in total. The highest BCUT2D eigenvalue weighted by Gasteiger charge is 2.58. The Bertz CT molecular complexity index is 1100. The molecule has 2 saturated carbocycles. The maximum absolute atomic E-state index is 12.7. The first-order valence-corrected chi connectivity index (χ1v) is 12.6. The van der Waals surface area contributed by atoms with Crippen molar-refractivity contribution in [2.45, 2.75) is 58.8 Å². The average Bonchev–Trinajstić information content (AvgIpc) is 3.34. The Hall–Kier alpha value is -1.94. The lowest BCUT2D eigenvalue weighted by Gasteiger charge is -2.55. The van der Waals surface area contributed by atoms with Crippen molar-refractivity contribution in [1.29, 1.82) is 0 Å². The number of nitrogens with zero attached hydrogens (tertiary/aromatic N) is 1. The van der Waals surface area contributed by atoms with E-state index in [9.17, 15) is 4.79 Å². The zero-order chi connectivity index (χ0) is 21.4. The number of thiazole rings is 1. The van der Waals surface area contributed by atoms with Crippen LogP contribution in [0.3, 0.4) is 0 Å². The number of Topliss-reactive ketones (excluding diaryl/α,β-unsaturated/α-hetero) is 1. The molecule has 0 amide bonds. The fourth-order valence-electron chi connectivity index (χ4n) is 7.53. The van der Waals surface area contributed by atoms with Crippen LogP contribution in [0.25, 0.3) is 16.1 Å². The number of ether oxygens (including phenoxy) is 1. The van der Waals surface area contributed by atoms with Crippen molar-refractivity contribution >= 4 is 22.7 Å². The molecule has 1 heterocycles. The SMILES string of the molecule is COc1cccc(-c2nc3c(s2)C2=CC[C@@H]4[C@H](CC[C@]5(C)C(=O)CC[C@@H]45)[C@@]2(C)CC3)c1. The molecule has 2 fully saturated rings. The summed E-state index contributed by atoms with van der Waals surface area (Å²) in [6.45, 7) is 4.79. The number of rotatable bonds is 2. The number of methoxy groups -OCH3 is 1. The monoisotopic (exact) mass is 433 g/mol. The van der Waals surface area contributed by atoms with E-state index in [0.717, 1.165) is 48.4 Å². The van der Waals surface area contributed by atoms with Gasteiger partial charge in [-0.2, -0.15) is 0 Å². The minimum atomic E-state index is -0.0489. The number of benzene rings is 1. The Balaban J connectivity index is 1.38. The standard InChI is InChI=1S/C27H31NO2S/c1-26-14-12-22-24(31-25(28-22)16-5-4-6-17(15-16)30-3)21(26)8-7-18-19-9-10-23(29)27(19,2)13-11-20(18)26/h4-6,8,15,18-20H,7,9-14H2,1-3H3/t18-,19-,20-,26+,27-/m0/s1. The summed E-state index contributed by atoms with van der Waals surface area (Å²) in [5.74, 6) is 3.38. The molecule has 0 saturated heterocycles. The van der Waals surface area contributed by atoms with Crippen molar-refractivity contribution in [3.63, 3.8) is 0 Å². The molecule has 0 spiro atoms. The zero-order valence-corrected chi connectivity index (χ0v) is 19.6. The van der Waals surface area contributed by atoms with Gasteiger partial charge in [0.05, 0.1) is 17.7 Å². The number of aromatic nitrogens is 1. The van der Waals surface area contributed by atoms with Gasteiger partial charge in [0.1, 0.15) is 16.5 Å². The molecule has 0 N–H and O–H groups in total. The molecule has 4 aliphatic rings. The molecule has 162 valence electrons. The highest BCUT2D eigenvalue weighted by atomic mass is 32.1. The third-order valence-corrected chi connectivity index (χ3v) is 10.5. The molecule has 31 heavy (non-hydrogen) atoms. The molecule has 0 bridgehead atoms. The van der Waals surface area contributed by atoms with E-state index < -0.39 is 0 Å². The second-order valence-electron chi connectivity index (χ2n) is 10.6. The average molecular weight is 434 g/mol. The molecular weight excluding hydrogens is 402 g/mol. The molecule has 0 unspecified atom stereocenters. The molecule has 1 aromatic heterocycles. The number of fused-ring (bicyclic) bond motifs is 7. The van der Waals surface area contributed by atoms with E-state index in [4.69, 9.17) is 9.72 Å². The van der Waals surface area contributed by atoms with E-state index in [0.29, 0.717) is 23.5 Å². The predicted octanol–water partition coefficient (Wildman–Crippen LogP) is 6.57. The van der Waals surface area contributed by atoms with Crippen LogP contribution in [0.1, 0.15) is 62.9 Å². The molecule has 2 aromatic rings. The van der Waals surface area contributed by atoms with Crippen LogP contribution >= 0.6 is 11.3 Å². The molecule has 6 rings (SSSR count). The lowest BCUT2D eigenvalue weighted by Crippen LogP contribution is -2.49. The Morgan fingerprint density at radius 1 is 1.10 bits per heavy atom. The molecule has 5 atom stereocenters. The van der Waals surface area contributed by atoms with Gasteiger partial charge in [-0.3, -0.25) is 4.79 Å². The van der Waals surface area contributed by atoms with Gasteiger partial charge < -0.3 is 4.74 Å². The van der Waals surface area contributed by atoms with E-state index in [1.54, 1.807) is 12.7 Å². The number of ketones is 1. The predicted molar refractivity (Wildman–Crippen MR) is 125 cm³/mol. The Kier molecular flexibility index (Phi) is 4.31. The highest BCUT2D eigenvalue weighted by Crippen LogP contribution is 2.65. The van der Waals surface area contributed by atoms with Crippen molar-refractivity contribution < 1.29 is 9.53 Å². The van der Waals surface area contributed by atoms with Crippen LogP contribution in [-0.4, -0.2) is 17.9 Å². The fourth-order valence-corrected chi connectivity index (χ4v) is 8.81. The maximum atomic E-state index is 12.7. The lowest BCUT2D eigenvalue weighted by molar-refractivity contribution is -0.131. The summed E-state index contributed by atoms with van der Waals surface area (Å²) in [5, 5.41) is 1.11. The van der Waals surface area contributed by atoms with Crippen LogP contribution < -0.4 is 4.74 Å². The van der Waals surface area contributed by atoms with Crippen molar-refractivity contribution in [2.75, 3.05) is 7.11 Å². The van der Waals surface area contributed by atoms with Crippen molar-refractivity contribution in [3.8, 4) is 16.3 Å². The fraction of sp³-hybridized carbons (Fsp3) is 0.556. The van der Waals surface area contributed by atoms with Crippen LogP contribution in [-0.2, 0) is 11.2 Å². The minimum absolute atomic E-state index is 0.0489. The molecule has 4 heteroatoms. The number of allylic oxidation sites excluding steroid dienone is 2. The van der Waals surface area contributed by atoms with Gasteiger partial charge in [0.25, 0.3) is 0 Å². The first kappa shape index (κ1) is 19.7. The molecule has 4 aliphatic carbocycles. The third kappa shape index (κ3) is 2.70. The van der Waals surface area contributed by atoms with Crippen molar-refractivity contribution in [1.82, 2.24) is 4.98 Å². The van der Waals surface area contributed by atoms with Crippen LogP contribution in [0.2, 0.25) is 0 Å². The highest BCUT2D eigenvalue weighted by molar-refractivity contribution is 7.16. The number of hydrogen-bond donors (Lipinski definition) is 0. The van der Waals surface area contributed by atoms with Crippen molar-refractivity contribution in [3.05, 3.63) is 40.9 Å². The van der Waals surface area contributed by atoms with E-state index in [2.05, 4.69) is 32.1 Å². The number of hydrogen-bond acceptors (Lipinski definition) is 4. The third-order valence-electron chi connectivity index (χ3n) is 9.31. The number of carbonyl (C=O) groups excluding carboxylic acids is 1. The summed E-state index contributed by atoms with van der Waals surface area (Å²) in [7, 11) is 1.72. The summed E-state index contributed by atoms with van der Waals surface area (Å²) >= 11 is 1.86. The quantitative estimate of drug-likeness (QED) is 0.538. The molecule has 0 radical (unpaired) electrons. The first-order valence-electron chi connectivity index (χ1n) is 11.8. The Labute approximate surface area is 188 Å². The van der Waals surface area contributed by atoms with Gasteiger partial charge in [-0.25, -0.2) is 4.98 Å². The number of aryl methyl sites for hydroxylation is 1. The van der Waals surface area contributed by atoms with E-state index in [-0.39, 0.29) is 10.8 Å². The van der Waals surface area contributed by atoms with Gasteiger partial charge in [0, 0.05) is 17.4 Å². The largest absolute Gasteiger partial charge is 0.497 e. The second kappa shape index (κ2) is 6.78. The van der Waals surface area contributed by atoms with Crippen LogP contribution in [0.4, 0.5) is 0 Å². The van der Waals surface area contributed by atoms with E-state index in [1.807, 2.05) is 23.5 Å². The first-order chi connectivity index (χ1) is 14.9. The molecular formula is C27H31NO2S. The summed E-state index contributed by atoms with van der Waals surface area (Å²) in [6.07, 6.45) is 10.1. The summed E-state index contributed by atoms with van der Waals surface area (Å²) in [5.41, 5.74) is 4.15. The van der Waals surface area contributed by atoms with E-state index >= 15 is 0 Å². The molecule has 1 aromatic carbocycles. The summed E-state index contributed by atoms with van der Waals surface area (Å²) in [6, 6.07) is 8.26. The summed E-state index contributed by atoms with van der Waals surface area (Å²) in [4.78, 5) is 19.2. The van der Waals surface area contributed by atoms with Crippen LogP contribution in [0.15, 0.2) is 30.3 Å². The Morgan fingerprint density at radius 2 is 1.94 bits per heavy atom. The van der Waals surface area contributed by atoms with Gasteiger partial charge in [-0.15, -0.1) is 11.3 Å². The van der Waals surface area contributed by atoms with Gasteiger partial charge >= 0.3 is 0 Å². The van der Waals surface area contributed by atoms with Gasteiger partial charge in [-0.05, 0) is 79.4 Å². The Morgan fingerprint density at radius 3 is 2.77 bits per heavy atom. The zero-order valence-electron chi connectivity index (χ0n) is 18.7. The molecule has 0 aliphatic heterocycles. The van der Waals surface area contributed by atoms with Crippen LogP contribution in [0, 0.1) is 28.6 Å². The normalized spacial score (nSPS) is 36.2. The minimum Gasteiger partial charge on any atom is -0.497 e. The van der Waals surface area contributed by atoms with Gasteiger partial charge in [0.15, 0.2) is 0 Å².